The van der Waals surface area contributed by atoms with Gasteiger partial charge in [-0.25, -0.2) is 9.37 Å². The Bertz CT molecular complexity index is 1350. The molecule has 0 N–H and O–H groups in total. The van der Waals surface area contributed by atoms with Gasteiger partial charge in [-0.1, -0.05) is 15.9 Å². The quantitative estimate of drug-likeness (QED) is 0.276. The van der Waals surface area contributed by atoms with Crippen molar-refractivity contribution in [3.05, 3.63) is 83.6 Å². The van der Waals surface area contributed by atoms with Gasteiger partial charge in [0.05, 0.1) is 6.54 Å². The number of hydrogen-bond donors (Lipinski definition) is 0. The van der Waals surface area contributed by atoms with E-state index in [1.165, 1.54) is 0 Å². The average molecular weight is 493 g/mol. The normalized spacial score (nSPS) is 11.2. The summed E-state index contributed by atoms with van der Waals surface area (Å²) >= 11 is 3.43. The molecule has 3 heterocycles. The predicted molar refractivity (Wildman–Crippen MR) is 123 cm³/mol. The summed E-state index contributed by atoms with van der Waals surface area (Å²) in [6, 6.07) is 17.1. The summed E-state index contributed by atoms with van der Waals surface area (Å²) in [6.45, 7) is -0.0458. The first-order valence-electron chi connectivity index (χ1n) is 10.0. The van der Waals surface area contributed by atoms with Crippen molar-refractivity contribution in [2.45, 2.75) is 13.2 Å². The highest BCUT2D eigenvalue weighted by Crippen LogP contribution is 2.32. The maximum absolute atomic E-state index is 12.9. The van der Waals surface area contributed by atoms with Crippen LogP contribution in [0.25, 0.3) is 33.5 Å². The van der Waals surface area contributed by atoms with Crippen molar-refractivity contribution in [1.29, 1.82) is 0 Å². The fraction of sp³-hybridized carbons (Fsp3) is 0.125. The minimum atomic E-state index is -0.476. The van der Waals surface area contributed by atoms with E-state index < -0.39 is 6.67 Å². The van der Waals surface area contributed by atoms with Gasteiger partial charge in [-0.05, 0) is 60.2 Å². The number of aryl methyl sites for hydroxylation is 1. The van der Waals surface area contributed by atoms with E-state index in [0.29, 0.717) is 11.6 Å². The molecular formula is C24H18BrFN4O2. The Balaban J connectivity index is 1.36. The smallest absolute Gasteiger partial charge is 0.233 e. The predicted octanol–water partition coefficient (Wildman–Crippen LogP) is 6.06. The molecule has 0 fully saturated rings. The molecule has 0 aliphatic rings. The summed E-state index contributed by atoms with van der Waals surface area (Å²) in [7, 11) is 0. The zero-order valence-electron chi connectivity index (χ0n) is 16.9. The molecule has 2 aromatic carbocycles. The van der Waals surface area contributed by atoms with Crippen LogP contribution < -0.4 is 4.74 Å². The van der Waals surface area contributed by atoms with E-state index in [-0.39, 0.29) is 13.2 Å². The molecule has 0 unspecified atom stereocenters. The molecule has 0 radical (unpaired) electrons. The van der Waals surface area contributed by atoms with Crippen LogP contribution in [0.15, 0.2) is 82.1 Å². The first kappa shape index (κ1) is 20.4. The van der Waals surface area contributed by atoms with Crippen molar-refractivity contribution >= 4 is 27.0 Å². The SMILES string of the molecule is FCCn1cc(-c2ccncc2)c(-c2ccc(OCc3nc4cc(Br)ccc4o3)cc2)n1. The summed E-state index contributed by atoms with van der Waals surface area (Å²) in [5, 5.41) is 4.59. The van der Waals surface area contributed by atoms with Crippen LogP contribution in [0.5, 0.6) is 5.75 Å². The van der Waals surface area contributed by atoms with Gasteiger partial charge in [0.25, 0.3) is 0 Å². The zero-order chi connectivity index (χ0) is 21.9. The standard InChI is InChI=1S/C24H18BrFN4O2/c25-18-3-6-22-21(13-18)28-23(32-22)15-31-19-4-1-17(2-5-19)24-20(14-30(29-24)12-9-26)16-7-10-27-11-8-16/h1-8,10-11,13-14H,9,12,15H2. The van der Waals surface area contributed by atoms with Crippen molar-refractivity contribution in [3.63, 3.8) is 0 Å². The first-order chi connectivity index (χ1) is 15.7. The summed E-state index contributed by atoms with van der Waals surface area (Å²) in [5.41, 5.74) is 5.08. The van der Waals surface area contributed by atoms with Gasteiger partial charge in [0.2, 0.25) is 5.89 Å². The molecule has 3 aromatic heterocycles. The summed E-state index contributed by atoms with van der Waals surface area (Å²) in [5.74, 6) is 1.19. The highest BCUT2D eigenvalue weighted by Gasteiger charge is 2.14. The number of halogens is 2. The fourth-order valence-corrected chi connectivity index (χ4v) is 3.79. The Morgan fingerprint density at radius 3 is 2.59 bits per heavy atom. The lowest BCUT2D eigenvalue weighted by atomic mass is 10.0. The second kappa shape index (κ2) is 8.92. The number of alkyl halides is 1. The number of fused-ring (bicyclic) bond motifs is 1. The van der Waals surface area contributed by atoms with E-state index in [9.17, 15) is 4.39 Å². The molecule has 8 heteroatoms. The van der Waals surface area contributed by atoms with Crippen LogP contribution in [0.2, 0.25) is 0 Å². The van der Waals surface area contributed by atoms with Gasteiger partial charge >= 0.3 is 0 Å². The lowest BCUT2D eigenvalue weighted by Crippen LogP contribution is -1.99. The highest BCUT2D eigenvalue weighted by molar-refractivity contribution is 9.10. The zero-order valence-corrected chi connectivity index (χ0v) is 18.5. The van der Waals surface area contributed by atoms with Crippen LogP contribution in [0.3, 0.4) is 0 Å². The molecule has 0 bridgehead atoms. The van der Waals surface area contributed by atoms with Gasteiger partial charge in [-0.15, -0.1) is 0 Å². The number of hydrogen-bond acceptors (Lipinski definition) is 5. The molecule has 0 saturated carbocycles. The molecule has 32 heavy (non-hydrogen) atoms. The summed E-state index contributed by atoms with van der Waals surface area (Å²) in [4.78, 5) is 8.52. The Morgan fingerprint density at radius 2 is 1.81 bits per heavy atom. The largest absolute Gasteiger partial charge is 0.484 e. The van der Waals surface area contributed by atoms with Crippen LogP contribution in [-0.2, 0) is 13.2 Å². The third kappa shape index (κ3) is 4.27. The van der Waals surface area contributed by atoms with E-state index in [2.05, 4.69) is 31.0 Å². The molecule has 0 atom stereocenters. The van der Waals surface area contributed by atoms with Crippen LogP contribution in [0.4, 0.5) is 4.39 Å². The molecule has 0 amide bonds. The number of nitrogens with zero attached hydrogens (tertiary/aromatic N) is 4. The van der Waals surface area contributed by atoms with Crippen LogP contribution >= 0.6 is 15.9 Å². The van der Waals surface area contributed by atoms with Gasteiger partial charge in [-0.3, -0.25) is 9.67 Å². The molecule has 6 nitrogen and oxygen atoms in total. The minimum Gasteiger partial charge on any atom is -0.484 e. The molecular weight excluding hydrogens is 475 g/mol. The summed E-state index contributed by atoms with van der Waals surface area (Å²) in [6.07, 6.45) is 5.32. The summed E-state index contributed by atoms with van der Waals surface area (Å²) < 4.78 is 27.0. The molecule has 0 spiro atoms. The average Bonchev–Trinajstić information content (AvgIpc) is 3.42. The highest BCUT2D eigenvalue weighted by atomic mass is 79.9. The molecule has 0 aliphatic heterocycles. The number of benzene rings is 2. The Labute approximate surface area is 191 Å². The lowest BCUT2D eigenvalue weighted by molar-refractivity contribution is 0.267. The Kier molecular flexibility index (Phi) is 5.68. The van der Waals surface area contributed by atoms with E-state index in [1.54, 1.807) is 17.1 Å². The second-order valence-electron chi connectivity index (χ2n) is 7.11. The van der Waals surface area contributed by atoms with Crippen LogP contribution in [0, 0.1) is 0 Å². The molecule has 0 aliphatic carbocycles. The maximum atomic E-state index is 12.9. The Morgan fingerprint density at radius 1 is 1.00 bits per heavy atom. The van der Waals surface area contributed by atoms with Crippen LogP contribution in [-0.4, -0.2) is 26.4 Å². The first-order valence-corrected chi connectivity index (χ1v) is 10.8. The number of aromatic nitrogens is 4. The van der Waals surface area contributed by atoms with Crippen LogP contribution in [0.1, 0.15) is 5.89 Å². The topological polar surface area (TPSA) is 66.0 Å². The van der Waals surface area contributed by atoms with E-state index in [0.717, 1.165) is 38.0 Å². The molecule has 5 rings (SSSR count). The number of ether oxygens (including phenoxy) is 1. The van der Waals surface area contributed by atoms with Gasteiger partial charge in [-0.2, -0.15) is 5.10 Å². The fourth-order valence-electron chi connectivity index (χ4n) is 3.44. The van der Waals surface area contributed by atoms with Gasteiger partial charge in [0, 0.05) is 34.2 Å². The maximum Gasteiger partial charge on any atom is 0.233 e. The van der Waals surface area contributed by atoms with Crippen molar-refractivity contribution in [3.8, 4) is 28.1 Å². The van der Waals surface area contributed by atoms with Crippen molar-refractivity contribution < 1.29 is 13.5 Å². The monoisotopic (exact) mass is 492 g/mol. The van der Waals surface area contributed by atoms with E-state index in [1.807, 2.05) is 60.8 Å². The number of rotatable bonds is 7. The third-order valence-corrected chi connectivity index (χ3v) is 5.44. The molecule has 0 saturated heterocycles. The lowest BCUT2D eigenvalue weighted by Gasteiger charge is -2.06. The third-order valence-electron chi connectivity index (χ3n) is 4.95. The minimum absolute atomic E-state index is 0.209. The van der Waals surface area contributed by atoms with Crippen molar-refractivity contribution in [1.82, 2.24) is 19.7 Å². The number of oxazole rings is 1. The second-order valence-corrected chi connectivity index (χ2v) is 8.03. The van der Waals surface area contributed by atoms with Crippen molar-refractivity contribution in [2.75, 3.05) is 6.67 Å². The number of pyridine rings is 1. The van der Waals surface area contributed by atoms with E-state index in [4.69, 9.17) is 9.15 Å². The van der Waals surface area contributed by atoms with Gasteiger partial charge < -0.3 is 9.15 Å². The molecule has 160 valence electrons. The Hall–Kier alpha value is -3.52. The van der Waals surface area contributed by atoms with Gasteiger partial charge in [0.15, 0.2) is 12.2 Å². The van der Waals surface area contributed by atoms with E-state index >= 15 is 0 Å². The van der Waals surface area contributed by atoms with Crippen molar-refractivity contribution in [2.24, 2.45) is 0 Å². The van der Waals surface area contributed by atoms with Gasteiger partial charge in [0.1, 0.15) is 23.6 Å². The molecule has 5 aromatic rings.